The lowest BCUT2D eigenvalue weighted by molar-refractivity contribution is -0.138. The molecule has 1 unspecified atom stereocenters. The molecule has 1 atom stereocenters. The number of hydrogen-bond acceptors (Lipinski definition) is 4. The quantitative estimate of drug-likeness (QED) is 0.624. The normalized spacial score (nSPS) is 17.3. The zero-order valence-electron chi connectivity index (χ0n) is 12.3. The molecule has 1 aromatic carbocycles. The van der Waals surface area contributed by atoms with E-state index in [-0.39, 0.29) is 24.5 Å². The number of carbonyl (C=O) groups is 3. The van der Waals surface area contributed by atoms with Crippen LogP contribution in [0.1, 0.15) is 28.8 Å². The van der Waals surface area contributed by atoms with Crippen LogP contribution in [-0.2, 0) is 14.3 Å². The largest absolute Gasteiger partial charge is 0.460 e. The highest BCUT2D eigenvalue weighted by atomic mass is 16.5. The van der Waals surface area contributed by atoms with Crippen molar-refractivity contribution < 1.29 is 19.1 Å². The van der Waals surface area contributed by atoms with E-state index in [1.54, 1.807) is 37.4 Å². The molecule has 2 rings (SSSR count). The van der Waals surface area contributed by atoms with E-state index in [0.29, 0.717) is 18.4 Å². The summed E-state index contributed by atoms with van der Waals surface area (Å²) in [5.41, 5.74) is 1.35. The lowest BCUT2D eigenvalue weighted by Crippen LogP contribution is -2.30. The summed E-state index contributed by atoms with van der Waals surface area (Å²) in [7, 11) is 1.57. The zero-order valence-corrected chi connectivity index (χ0v) is 12.3. The standard InChI is InChI=1S/C16H18N2O4/c1-17-16(21)12-5-2-11(3-6-12)4-9-15(20)22-10-13-7-8-14(19)18-13/h2-6,9,13H,7-8,10H2,1H3,(H,17,21)(H,18,19)/b9-4+. The second kappa shape index (κ2) is 7.40. The number of hydrogen-bond donors (Lipinski definition) is 2. The van der Waals surface area contributed by atoms with Gasteiger partial charge in [0.05, 0.1) is 6.04 Å². The minimum absolute atomic E-state index is 0.00667. The van der Waals surface area contributed by atoms with Crippen molar-refractivity contribution in [3.63, 3.8) is 0 Å². The van der Waals surface area contributed by atoms with E-state index in [0.717, 1.165) is 5.56 Å². The maximum atomic E-state index is 11.6. The molecule has 0 aliphatic carbocycles. The summed E-state index contributed by atoms with van der Waals surface area (Å²) in [6, 6.07) is 6.75. The molecule has 2 amide bonds. The highest BCUT2D eigenvalue weighted by molar-refractivity contribution is 5.94. The van der Waals surface area contributed by atoms with Gasteiger partial charge in [0.2, 0.25) is 5.91 Å². The van der Waals surface area contributed by atoms with Gasteiger partial charge in [-0.15, -0.1) is 0 Å². The maximum Gasteiger partial charge on any atom is 0.330 e. The Morgan fingerprint density at radius 3 is 2.68 bits per heavy atom. The first-order valence-corrected chi connectivity index (χ1v) is 7.05. The van der Waals surface area contributed by atoms with Crippen molar-refractivity contribution in [1.82, 2.24) is 10.6 Å². The summed E-state index contributed by atoms with van der Waals surface area (Å²) in [6.45, 7) is 0.185. The topological polar surface area (TPSA) is 84.5 Å². The summed E-state index contributed by atoms with van der Waals surface area (Å²) in [5, 5.41) is 5.26. The summed E-state index contributed by atoms with van der Waals surface area (Å²) in [4.78, 5) is 34.0. The van der Waals surface area contributed by atoms with E-state index in [9.17, 15) is 14.4 Å². The highest BCUT2D eigenvalue weighted by Crippen LogP contribution is 2.08. The first kappa shape index (κ1) is 15.8. The molecule has 0 spiro atoms. The molecule has 6 nitrogen and oxygen atoms in total. The van der Waals surface area contributed by atoms with Crippen LogP contribution in [0.15, 0.2) is 30.3 Å². The Morgan fingerprint density at radius 1 is 1.36 bits per heavy atom. The Morgan fingerprint density at radius 2 is 2.09 bits per heavy atom. The number of carbonyl (C=O) groups excluding carboxylic acids is 3. The fraction of sp³-hybridized carbons (Fsp3) is 0.312. The molecule has 0 aromatic heterocycles. The van der Waals surface area contributed by atoms with Crippen molar-refractivity contribution in [2.75, 3.05) is 13.7 Å². The van der Waals surface area contributed by atoms with Gasteiger partial charge in [0.15, 0.2) is 0 Å². The van der Waals surface area contributed by atoms with Gasteiger partial charge in [-0.1, -0.05) is 12.1 Å². The highest BCUT2D eigenvalue weighted by Gasteiger charge is 2.21. The Kier molecular flexibility index (Phi) is 5.30. The van der Waals surface area contributed by atoms with Crippen LogP contribution in [0.5, 0.6) is 0 Å². The second-order valence-corrected chi connectivity index (χ2v) is 4.97. The van der Waals surface area contributed by atoms with Crippen molar-refractivity contribution >= 4 is 23.9 Å². The Balaban J connectivity index is 1.81. The van der Waals surface area contributed by atoms with Crippen molar-refractivity contribution in [2.24, 2.45) is 0 Å². The molecule has 0 radical (unpaired) electrons. The fourth-order valence-electron chi connectivity index (χ4n) is 2.09. The SMILES string of the molecule is CNC(=O)c1ccc(/C=C/C(=O)OCC2CCC(=O)N2)cc1. The number of benzene rings is 1. The van der Waals surface area contributed by atoms with Crippen molar-refractivity contribution in [3.8, 4) is 0 Å². The van der Waals surface area contributed by atoms with Crippen molar-refractivity contribution in [3.05, 3.63) is 41.5 Å². The second-order valence-electron chi connectivity index (χ2n) is 4.97. The molecular weight excluding hydrogens is 284 g/mol. The lowest BCUT2D eigenvalue weighted by Gasteiger charge is -2.08. The molecule has 1 heterocycles. The van der Waals surface area contributed by atoms with E-state index in [1.165, 1.54) is 6.08 Å². The van der Waals surface area contributed by atoms with Gasteiger partial charge in [-0.05, 0) is 30.2 Å². The number of nitrogens with one attached hydrogen (secondary N) is 2. The van der Waals surface area contributed by atoms with Gasteiger partial charge >= 0.3 is 5.97 Å². The molecular formula is C16H18N2O4. The average molecular weight is 302 g/mol. The van der Waals surface area contributed by atoms with Crippen LogP contribution in [0.3, 0.4) is 0 Å². The number of esters is 1. The summed E-state index contributed by atoms with van der Waals surface area (Å²) in [6.07, 6.45) is 4.11. The van der Waals surface area contributed by atoms with E-state index in [2.05, 4.69) is 10.6 Å². The monoisotopic (exact) mass is 302 g/mol. The Bertz CT molecular complexity index is 593. The van der Waals surface area contributed by atoms with Gasteiger partial charge in [0, 0.05) is 25.1 Å². The van der Waals surface area contributed by atoms with Gasteiger partial charge in [0.1, 0.15) is 6.61 Å². The smallest absolute Gasteiger partial charge is 0.330 e. The Labute approximate surface area is 128 Å². The van der Waals surface area contributed by atoms with E-state index in [1.807, 2.05) is 0 Å². The minimum atomic E-state index is -0.462. The van der Waals surface area contributed by atoms with E-state index < -0.39 is 5.97 Å². The first-order valence-electron chi connectivity index (χ1n) is 7.05. The predicted octanol–water partition coefficient (Wildman–Crippen LogP) is 0.881. The lowest BCUT2D eigenvalue weighted by atomic mass is 10.1. The molecule has 1 saturated heterocycles. The molecule has 1 aliphatic heterocycles. The van der Waals surface area contributed by atoms with Crippen molar-refractivity contribution in [1.29, 1.82) is 0 Å². The molecule has 1 fully saturated rings. The summed E-state index contributed by atoms with van der Waals surface area (Å²) >= 11 is 0. The molecule has 1 aliphatic rings. The third-order valence-electron chi connectivity index (χ3n) is 3.32. The van der Waals surface area contributed by atoms with Crippen LogP contribution in [0.2, 0.25) is 0 Å². The van der Waals surface area contributed by atoms with E-state index >= 15 is 0 Å². The third-order valence-corrected chi connectivity index (χ3v) is 3.32. The van der Waals surface area contributed by atoms with Crippen LogP contribution in [-0.4, -0.2) is 37.5 Å². The fourth-order valence-corrected chi connectivity index (χ4v) is 2.09. The zero-order chi connectivity index (χ0) is 15.9. The summed E-state index contributed by atoms with van der Waals surface area (Å²) in [5.74, 6) is -0.627. The molecule has 1 aromatic rings. The van der Waals surface area contributed by atoms with Gasteiger partial charge in [-0.25, -0.2) is 4.79 Å². The maximum absolute atomic E-state index is 11.6. The molecule has 22 heavy (non-hydrogen) atoms. The van der Waals surface area contributed by atoms with Gasteiger partial charge < -0.3 is 15.4 Å². The van der Waals surface area contributed by atoms with Crippen LogP contribution in [0.25, 0.3) is 6.08 Å². The molecule has 2 N–H and O–H groups in total. The van der Waals surface area contributed by atoms with E-state index in [4.69, 9.17) is 4.74 Å². The van der Waals surface area contributed by atoms with Crippen LogP contribution in [0.4, 0.5) is 0 Å². The molecule has 0 bridgehead atoms. The minimum Gasteiger partial charge on any atom is -0.460 e. The van der Waals surface area contributed by atoms with Gasteiger partial charge in [-0.2, -0.15) is 0 Å². The number of rotatable bonds is 5. The third kappa shape index (κ3) is 4.44. The molecule has 116 valence electrons. The van der Waals surface area contributed by atoms with Gasteiger partial charge in [-0.3, -0.25) is 9.59 Å². The van der Waals surface area contributed by atoms with Crippen LogP contribution >= 0.6 is 0 Å². The Hall–Kier alpha value is -2.63. The van der Waals surface area contributed by atoms with Crippen molar-refractivity contribution in [2.45, 2.75) is 18.9 Å². The molecule has 6 heteroatoms. The van der Waals surface area contributed by atoms with Gasteiger partial charge in [0.25, 0.3) is 5.91 Å². The number of ether oxygens (including phenoxy) is 1. The van der Waals surface area contributed by atoms with Crippen LogP contribution in [0, 0.1) is 0 Å². The summed E-state index contributed by atoms with van der Waals surface area (Å²) < 4.78 is 5.07. The molecule has 0 saturated carbocycles. The first-order chi connectivity index (χ1) is 10.6. The number of amides is 2. The average Bonchev–Trinajstić information content (AvgIpc) is 2.96. The predicted molar refractivity (Wildman–Crippen MR) is 81.0 cm³/mol. The van der Waals surface area contributed by atoms with Crippen LogP contribution < -0.4 is 10.6 Å².